The third-order valence-corrected chi connectivity index (χ3v) is 7.56. The number of amides is 1. The Kier molecular flexibility index (Phi) is 6.67. The molecule has 3 heterocycles. The molecule has 30 heavy (non-hydrogen) atoms. The second-order valence-electron chi connectivity index (χ2n) is 7.10. The van der Waals surface area contributed by atoms with Crippen molar-refractivity contribution in [3.63, 3.8) is 0 Å². The first-order valence-corrected chi connectivity index (χ1v) is 12.3. The van der Waals surface area contributed by atoms with Crippen molar-refractivity contribution in [3.05, 3.63) is 34.2 Å². The minimum atomic E-state index is -0.0960. The molecule has 3 aromatic rings. The van der Waals surface area contributed by atoms with E-state index in [1.807, 2.05) is 5.38 Å². The molecule has 0 radical (unpaired) electrons. The van der Waals surface area contributed by atoms with Gasteiger partial charge in [-0.3, -0.25) is 4.79 Å². The van der Waals surface area contributed by atoms with Gasteiger partial charge in [0.2, 0.25) is 11.0 Å². The van der Waals surface area contributed by atoms with Crippen molar-refractivity contribution in [2.24, 2.45) is 0 Å². The zero-order valence-electron chi connectivity index (χ0n) is 17.1. The molecular weight excluding hydrogens is 438 g/mol. The van der Waals surface area contributed by atoms with Crippen molar-refractivity contribution >= 4 is 50.6 Å². The molecule has 158 valence electrons. The van der Waals surface area contributed by atoms with E-state index < -0.39 is 0 Å². The van der Waals surface area contributed by atoms with Crippen LogP contribution in [0, 0.1) is 20.8 Å². The van der Waals surface area contributed by atoms with Gasteiger partial charge in [0.05, 0.1) is 24.7 Å². The minimum Gasteiger partial charge on any atom is -0.378 e. The molecule has 0 saturated carbocycles. The lowest BCUT2D eigenvalue weighted by Gasteiger charge is -2.25. The lowest BCUT2D eigenvalue weighted by Crippen LogP contribution is -2.36. The summed E-state index contributed by atoms with van der Waals surface area (Å²) in [5, 5.41) is 14.8. The second kappa shape index (κ2) is 9.42. The minimum absolute atomic E-state index is 0.0960. The molecule has 1 fully saturated rings. The van der Waals surface area contributed by atoms with Crippen LogP contribution in [-0.4, -0.2) is 53.1 Å². The Hall–Kier alpha value is -2.01. The third kappa shape index (κ3) is 5.00. The highest BCUT2D eigenvalue weighted by Gasteiger charge is 2.17. The SMILES string of the molecule is Cc1cc(C)c(-c2csc(NC(=O)CSc3nnc(N4CCOCC4)s3)n2)c(C)c1. The Balaban J connectivity index is 1.34. The molecule has 0 unspecified atom stereocenters. The number of nitrogens with one attached hydrogen (secondary N) is 1. The Labute approximate surface area is 187 Å². The molecule has 0 aliphatic carbocycles. The average Bonchev–Trinajstić information content (AvgIpc) is 3.36. The van der Waals surface area contributed by atoms with Crippen LogP contribution in [-0.2, 0) is 9.53 Å². The topological polar surface area (TPSA) is 80.2 Å². The molecule has 2 aromatic heterocycles. The van der Waals surface area contributed by atoms with Crippen molar-refractivity contribution < 1.29 is 9.53 Å². The van der Waals surface area contributed by atoms with E-state index in [4.69, 9.17) is 4.74 Å². The number of thioether (sulfide) groups is 1. The van der Waals surface area contributed by atoms with E-state index in [1.54, 1.807) is 0 Å². The Bertz CT molecular complexity index is 1020. The highest BCUT2D eigenvalue weighted by molar-refractivity contribution is 8.01. The highest BCUT2D eigenvalue weighted by Crippen LogP contribution is 2.32. The zero-order valence-corrected chi connectivity index (χ0v) is 19.5. The number of carbonyl (C=O) groups excluding carboxylic acids is 1. The molecule has 4 rings (SSSR count). The van der Waals surface area contributed by atoms with Crippen LogP contribution in [0.25, 0.3) is 11.3 Å². The van der Waals surface area contributed by atoms with Crippen LogP contribution in [0.1, 0.15) is 16.7 Å². The number of carbonyl (C=O) groups is 1. The molecular formula is C20H23N5O2S3. The van der Waals surface area contributed by atoms with E-state index in [9.17, 15) is 4.79 Å². The van der Waals surface area contributed by atoms with Crippen molar-refractivity contribution in [3.8, 4) is 11.3 Å². The molecule has 0 spiro atoms. The van der Waals surface area contributed by atoms with Gasteiger partial charge in [0, 0.05) is 24.0 Å². The zero-order chi connectivity index (χ0) is 21.1. The lowest BCUT2D eigenvalue weighted by atomic mass is 9.98. The first kappa shape index (κ1) is 21.2. The highest BCUT2D eigenvalue weighted by atomic mass is 32.2. The monoisotopic (exact) mass is 461 g/mol. The molecule has 1 aliphatic heterocycles. The summed E-state index contributed by atoms with van der Waals surface area (Å²) < 4.78 is 6.15. The summed E-state index contributed by atoms with van der Waals surface area (Å²) in [5.41, 5.74) is 5.66. The summed E-state index contributed by atoms with van der Waals surface area (Å²) in [4.78, 5) is 19.2. The maximum Gasteiger partial charge on any atom is 0.236 e. The van der Waals surface area contributed by atoms with Gasteiger partial charge in [0.25, 0.3) is 0 Å². The quantitative estimate of drug-likeness (QED) is 0.552. The number of hydrogen-bond donors (Lipinski definition) is 1. The number of aromatic nitrogens is 3. The fraction of sp³-hybridized carbons (Fsp3) is 0.400. The van der Waals surface area contributed by atoms with E-state index in [0.717, 1.165) is 33.8 Å². The average molecular weight is 462 g/mol. The Morgan fingerprint density at radius 2 is 1.93 bits per heavy atom. The summed E-state index contributed by atoms with van der Waals surface area (Å²) in [7, 11) is 0. The van der Waals surface area contributed by atoms with Gasteiger partial charge in [-0.1, -0.05) is 40.8 Å². The van der Waals surface area contributed by atoms with Gasteiger partial charge in [0.15, 0.2) is 9.47 Å². The molecule has 7 nitrogen and oxygen atoms in total. The van der Waals surface area contributed by atoms with Crippen LogP contribution < -0.4 is 10.2 Å². The van der Waals surface area contributed by atoms with Gasteiger partial charge >= 0.3 is 0 Å². The van der Waals surface area contributed by atoms with Crippen LogP contribution in [0.4, 0.5) is 10.3 Å². The summed E-state index contributed by atoms with van der Waals surface area (Å²) in [5.74, 6) is 0.177. The van der Waals surface area contributed by atoms with Gasteiger partial charge in [-0.25, -0.2) is 4.98 Å². The molecule has 1 saturated heterocycles. The van der Waals surface area contributed by atoms with Gasteiger partial charge in [0.1, 0.15) is 0 Å². The van der Waals surface area contributed by atoms with Crippen LogP contribution in [0.5, 0.6) is 0 Å². The van der Waals surface area contributed by atoms with Crippen molar-refractivity contribution in [2.45, 2.75) is 25.1 Å². The number of nitrogens with zero attached hydrogens (tertiary/aromatic N) is 4. The molecule has 0 bridgehead atoms. The molecule has 1 N–H and O–H groups in total. The van der Waals surface area contributed by atoms with Crippen LogP contribution in [0.2, 0.25) is 0 Å². The van der Waals surface area contributed by atoms with E-state index in [0.29, 0.717) is 18.3 Å². The maximum absolute atomic E-state index is 12.4. The standard InChI is InChI=1S/C20H23N5O2S3/c1-12-8-13(2)17(14(3)9-12)15-10-28-18(21-15)22-16(26)11-29-20-24-23-19(30-20)25-4-6-27-7-5-25/h8-10H,4-7,11H2,1-3H3,(H,21,22,26). The number of rotatable bonds is 6. The van der Waals surface area contributed by atoms with Crippen LogP contribution in [0.3, 0.4) is 0 Å². The van der Waals surface area contributed by atoms with Gasteiger partial charge in [-0.15, -0.1) is 21.5 Å². The third-order valence-electron chi connectivity index (χ3n) is 4.69. The largest absolute Gasteiger partial charge is 0.378 e. The summed E-state index contributed by atoms with van der Waals surface area (Å²) >= 11 is 4.35. The van der Waals surface area contributed by atoms with E-state index >= 15 is 0 Å². The number of ether oxygens (including phenoxy) is 1. The summed E-state index contributed by atoms with van der Waals surface area (Å²) in [6.07, 6.45) is 0. The molecule has 1 aromatic carbocycles. The number of aryl methyl sites for hydroxylation is 3. The summed E-state index contributed by atoms with van der Waals surface area (Å²) in [6, 6.07) is 4.31. The van der Waals surface area contributed by atoms with E-state index in [-0.39, 0.29) is 11.7 Å². The van der Waals surface area contributed by atoms with Crippen molar-refractivity contribution in [1.29, 1.82) is 0 Å². The fourth-order valence-electron chi connectivity index (χ4n) is 3.46. The first-order chi connectivity index (χ1) is 14.5. The normalized spacial score (nSPS) is 14.2. The first-order valence-electron chi connectivity index (χ1n) is 9.62. The van der Waals surface area contributed by atoms with Gasteiger partial charge in [-0.05, 0) is 31.9 Å². The van der Waals surface area contributed by atoms with Crippen LogP contribution in [0.15, 0.2) is 21.9 Å². The Morgan fingerprint density at radius 3 is 2.67 bits per heavy atom. The van der Waals surface area contributed by atoms with Crippen molar-refractivity contribution in [1.82, 2.24) is 15.2 Å². The molecule has 1 aliphatic rings. The number of morpholine rings is 1. The maximum atomic E-state index is 12.4. The lowest BCUT2D eigenvalue weighted by molar-refractivity contribution is -0.113. The predicted molar refractivity (Wildman–Crippen MR) is 124 cm³/mol. The van der Waals surface area contributed by atoms with Crippen LogP contribution >= 0.6 is 34.4 Å². The molecule has 0 atom stereocenters. The molecule has 10 heteroatoms. The predicted octanol–water partition coefficient (Wildman–Crippen LogP) is 4.15. The van der Waals surface area contributed by atoms with E-state index in [2.05, 4.69) is 58.3 Å². The number of thiazole rings is 1. The second-order valence-corrected chi connectivity index (χ2v) is 10.1. The summed E-state index contributed by atoms with van der Waals surface area (Å²) in [6.45, 7) is 9.35. The number of hydrogen-bond acceptors (Lipinski definition) is 9. The number of benzene rings is 1. The smallest absolute Gasteiger partial charge is 0.236 e. The fourth-order valence-corrected chi connectivity index (χ4v) is 5.87. The number of anilines is 2. The Morgan fingerprint density at radius 1 is 1.20 bits per heavy atom. The van der Waals surface area contributed by atoms with Gasteiger partial charge < -0.3 is 15.0 Å². The van der Waals surface area contributed by atoms with Crippen molar-refractivity contribution in [2.75, 3.05) is 42.3 Å². The molecule has 1 amide bonds. The van der Waals surface area contributed by atoms with Gasteiger partial charge in [-0.2, -0.15) is 0 Å². The van der Waals surface area contributed by atoms with E-state index in [1.165, 1.54) is 51.1 Å².